The highest BCUT2D eigenvalue weighted by molar-refractivity contribution is 9.10. The number of hydrogen-bond donors (Lipinski definition) is 2. The molecule has 1 heterocycles. The number of rotatable bonds is 5. The molecule has 2 N–H and O–H groups in total. The quantitative estimate of drug-likeness (QED) is 0.467. The molecule has 4 rings (SSSR count). The van der Waals surface area contributed by atoms with Crippen LogP contribution in [0.5, 0.6) is 0 Å². The smallest absolute Gasteiger partial charge is 0.0891 e. The molecule has 3 nitrogen and oxygen atoms in total. The van der Waals surface area contributed by atoms with Crippen LogP contribution in [0.25, 0.3) is 21.8 Å². The molecule has 132 valence electrons. The van der Waals surface area contributed by atoms with Crippen LogP contribution < -0.4 is 5.32 Å². The van der Waals surface area contributed by atoms with Gasteiger partial charge in [-0.05, 0) is 43.3 Å². The van der Waals surface area contributed by atoms with E-state index in [4.69, 9.17) is 0 Å². The summed E-state index contributed by atoms with van der Waals surface area (Å²) in [5, 5.41) is 16.3. The van der Waals surface area contributed by atoms with Crippen LogP contribution in [0.15, 0.2) is 71.2 Å². The van der Waals surface area contributed by atoms with E-state index in [0.29, 0.717) is 13.1 Å². The predicted octanol–water partition coefficient (Wildman–Crippen LogP) is 5.34. The van der Waals surface area contributed by atoms with Crippen molar-refractivity contribution < 1.29 is 5.11 Å². The number of para-hydroxylation sites is 1. The van der Waals surface area contributed by atoms with Crippen molar-refractivity contribution in [3.63, 3.8) is 0 Å². The minimum Gasteiger partial charge on any atom is -0.389 e. The van der Waals surface area contributed by atoms with E-state index in [9.17, 15) is 5.11 Å². The largest absolute Gasteiger partial charge is 0.389 e. The summed E-state index contributed by atoms with van der Waals surface area (Å²) >= 11 is 3.57. The number of nitrogens with zero attached hydrogens (tertiary/aromatic N) is 1. The summed E-state index contributed by atoms with van der Waals surface area (Å²) in [6.45, 7) is 3.12. The Morgan fingerprint density at radius 1 is 0.962 bits per heavy atom. The summed E-state index contributed by atoms with van der Waals surface area (Å²) in [5.41, 5.74) is 4.55. The molecule has 0 aliphatic carbocycles. The van der Waals surface area contributed by atoms with Crippen LogP contribution in [0.2, 0.25) is 0 Å². The average molecular weight is 409 g/mol. The highest BCUT2D eigenvalue weighted by Gasteiger charge is 2.13. The zero-order valence-electron chi connectivity index (χ0n) is 14.6. The predicted molar refractivity (Wildman–Crippen MR) is 113 cm³/mol. The first-order chi connectivity index (χ1) is 12.6. The molecule has 0 fully saturated rings. The summed E-state index contributed by atoms with van der Waals surface area (Å²) in [6.07, 6.45) is -0.487. The van der Waals surface area contributed by atoms with E-state index >= 15 is 0 Å². The third-order valence-corrected chi connectivity index (χ3v) is 5.21. The SMILES string of the molecule is Cc1ccc(NCC(O)Cn2c3ccccc3c3cc(Br)ccc32)cc1. The molecule has 0 saturated carbocycles. The first-order valence-corrected chi connectivity index (χ1v) is 9.56. The van der Waals surface area contributed by atoms with Crippen molar-refractivity contribution in [1.29, 1.82) is 0 Å². The van der Waals surface area contributed by atoms with E-state index < -0.39 is 6.10 Å². The third-order valence-electron chi connectivity index (χ3n) is 4.72. The third kappa shape index (κ3) is 3.35. The number of aromatic nitrogens is 1. The summed E-state index contributed by atoms with van der Waals surface area (Å²) in [5.74, 6) is 0. The van der Waals surface area contributed by atoms with E-state index in [0.717, 1.165) is 21.2 Å². The standard InChI is InChI=1S/C22H21BrN2O/c1-15-6-9-17(10-7-15)24-13-18(26)14-25-21-5-3-2-4-19(21)20-12-16(23)8-11-22(20)25/h2-12,18,24,26H,13-14H2,1H3. The van der Waals surface area contributed by atoms with Gasteiger partial charge in [-0.15, -0.1) is 0 Å². The van der Waals surface area contributed by atoms with Gasteiger partial charge in [-0.25, -0.2) is 0 Å². The van der Waals surface area contributed by atoms with Gasteiger partial charge in [0.2, 0.25) is 0 Å². The number of halogens is 1. The lowest BCUT2D eigenvalue weighted by atomic mass is 10.2. The fraction of sp³-hybridized carbons (Fsp3) is 0.182. The molecule has 0 saturated heterocycles. The van der Waals surface area contributed by atoms with Gasteiger partial charge >= 0.3 is 0 Å². The topological polar surface area (TPSA) is 37.2 Å². The molecule has 0 spiro atoms. The maximum atomic E-state index is 10.6. The Bertz CT molecular complexity index is 1050. The summed E-state index contributed by atoms with van der Waals surface area (Å²) in [7, 11) is 0. The zero-order valence-corrected chi connectivity index (χ0v) is 16.2. The maximum absolute atomic E-state index is 10.6. The number of hydrogen-bond acceptors (Lipinski definition) is 2. The van der Waals surface area contributed by atoms with Crippen LogP contribution in [0.3, 0.4) is 0 Å². The van der Waals surface area contributed by atoms with E-state index in [1.54, 1.807) is 0 Å². The molecular weight excluding hydrogens is 388 g/mol. The van der Waals surface area contributed by atoms with Gasteiger partial charge in [0.05, 0.1) is 12.6 Å². The Kier molecular flexibility index (Phi) is 4.70. The molecule has 0 aliphatic rings. The van der Waals surface area contributed by atoms with Gasteiger partial charge in [-0.3, -0.25) is 0 Å². The second kappa shape index (κ2) is 7.14. The van der Waals surface area contributed by atoms with Crippen LogP contribution in [-0.2, 0) is 6.54 Å². The van der Waals surface area contributed by atoms with Crippen LogP contribution >= 0.6 is 15.9 Å². The summed E-state index contributed by atoms with van der Waals surface area (Å²) in [4.78, 5) is 0. The summed E-state index contributed by atoms with van der Waals surface area (Å²) < 4.78 is 3.27. The number of anilines is 1. The van der Waals surface area contributed by atoms with Gasteiger partial charge in [0.25, 0.3) is 0 Å². The van der Waals surface area contributed by atoms with Crippen molar-refractivity contribution in [2.45, 2.75) is 19.6 Å². The lowest BCUT2D eigenvalue weighted by Gasteiger charge is -2.15. The van der Waals surface area contributed by atoms with Crippen molar-refractivity contribution in [2.75, 3.05) is 11.9 Å². The second-order valence-corrected chi connectivity index (χ2v) is 7.61. The fourth-order valence-corrected chi connectivity index (χ4v) is 3.77. The van der Waals surface area contributed by atoms with Gasteiger partial charge in [-0.1, -0.05) is 51.8 Å². The Morgan fingerprint density at radius 2 is 1.69 bits per heavy atom. The Balaban J connectivity index is 1.60. The van der Waals surface area contributed by atoms with Gasteiger partial charge in [-0.2, -0.15) is 0 Å². The Labute approximate surface area is 161 Å². The van der Waals surface area contributed by atoms with E-state index in [1.807, 2.05) is 18.2 Å². The number of aliphatic hydroxyl groups is 1. The van der Waals surface area contributed by atoms with Crippen molar-refractivity contribution in [3.8, 4) is 0 Å². The van der Waals surface area contributed by atoms with Crippen LogP contribution in [0.4, 0.5) is 5.69 Å². The minimum atomic E-state index is -0.487. The van der Waals surface area contributed by atoms with Crippen molar-refractivity contribution in [2.24, 2.45) is 0 Å². The fourth-order valence-electron chi connectivity index (χ4n) is 3.40. The number of aryl methyl sites for hydroxylation is 1. The molecule has 4 heteroatoms. The molecule has 0 radical (unpaired) electrons. The molecule has 1 unspecified atom stereocenters. The molecule has 1 aromatic heterocycles. The highest BCUT2D eigenvalue weighted by Crippen LogP contribution is 2.31. The number of fused-ring (bicyclic) bond motifs is 3. The Morgan fingerprint density at radius 3 is 2.50 bits per heavy atom. The van der Waals surface area contributed by atoms with Crippen molar-refractivity contribution in [1.82, 2.24) is 4.57 Å². The first-order valence-electron chi connectivity index (χ1n) is 8.77. The molecule has 0 amide bonds. The van der Waals surface area contributed by atoms with Crippen molar-refractivity contribution in [3.05, 3.63) is 76.8 Å². The van der Waals surface area contributed by atoms with Crippen LogP contribution in [-0.4, -0.2) is 22.3 Å². The Hall–Kier alpha value is -2.30. The highest BCUT2D eigenvalue weighted by atomic mass is 79.9. The molecule has 1 atom stereocenters. The summed E-state index contributed by atoms with van der Waals surface area (Å²) in [6, 6.07) is 22.9. The maximum Gasteiger partial charge on any atom is 0.0891 e. The average Bonchev–Trinajstić information content (AvgIpc) is 2.95. The van der Waals surface area contributed by atoms with Gasteiger partial charge < -0.3 is 15.0 Å². The number of benzene rings is 3. The molecule has 4 aromatic rings. The van der Waals surface area contributed by atoms with Gasteiger partial charge in [0, 0.05) is 38.5 Å². The van der Waals surface area contributed by atoms with Gasteiger partial charge in [0.15, 0.2) is 0 Å². The zero-order chi connectivity index (χ0) is 18.1. The molecule has 26 heavy (non-hydrogen) atoms. The lowest BCUT2D eigenvalue weighted by molar-refractivity contribution is 0.169. The normalized spacial score (nSPS) is 12.6. The van der Waals surface area contributed by atoms with Crippen LogP contribution in [0, 0.1) is 6.92 Å². The molecule has 0 aliphatic heterocycles. The van der Waals surface area contributed by atoms with Crippen LogP contribution in [0.1, 0.15) is 5.56 Å². The molecular formula is C22H21BrN2O. The van der Waals surface area contributed by atoms with E-state index in [1.165, 1.54) is 16.3 Å². The van der Waals surface area contributed by atoms with E-state index in [2.05, 4.69) is 81.3 Å². The number of aliphatic hydroxyl groups excluding tert-OH is 1. The lowest BCUT2D eigenvalue weighted by Crippen LogP contribution is -2.24. The van der Waals surface area contributed by atoms with Gasteiger partial charge in [0.1, 0.15) is 0 Å². The monoisotopic (exact) mass is 408 g/mol. The van der Waals surface area contributed by atoms with E-state index in [-0.39, 0.29) is 0 Å². The molecule has 3 aromatic carbocycles. The van der Waals surface area contributed by atoms with Crippen molar-refractivity contribution >= 4 is 43.4 Å². The minimum absolute atomic E-state index is 0.487. The second-order valence-electron chi connectivity index (χ2n) is 6.69. The first kappa shape index (κ1) is 17.1. The molecule has 0 bridgehead atoms. The number of nitrogens with one attached hydrogen (secondary N) is 1.